The average molecular weight is 323 g/mol. The number of hydrogen-bond acceptors (Lipinski definition) is 2. The Hall–Kier alpha value is -0.833. The van der Waals surface area contributed by atoms with Crippen LogP contribution in [0.3, 0.4) is 0 Å². The summed E-state index contributed by atoms with van der Waals surface area (Å²) in [6.45, 7) is 17.5. The van der Waals surface area contributed by atoms with E-state index in [1.165, 1.54) is 11.3 Å². The van der Waals surface area contributed by atoms with E-state index in [-0.39, 0.29) is 10.8 Å². The van der Waals surface area contributed by atoms with Crippen molar-refractivity contribution in [2.75, 3.05) is 0 Å². The van der Waals surface area contributed by atoms with E-state index in [4.69, 9.17) is 4.43 Å². The number of ketones is 1. The second kappa shape index (κ2) is 7.16. The Morgan fingerprint density at radius 3 is 2.41 bits per heavy atom. The molecule has 0 saturated carbocycles. The minimum absolute atomic E-state index is 0.213. The first-order valence-corrected chi connectivity index (χ1v) is 11.4. The van der Waals surface area contributed by atoms with Crippen molar-refractivity contribution < 1.29 is 9.22 Å². The monoisotopic (exact) mass is 322 g/mol. The van der Waals surface area contributed by atoms with Crippen LogP contribution in [0.15, 0.2) is 23.0 Å². The third-order valence-electron chi connectivity index (χ3n) is 5.09. The smallest absolute Gasteiger partial charge is 0.250 e. The van der Waals surface area contributed by atoms with Crippen LogP contribution in [0, 0.1) is 5.92 Å². The molecule has 1 aliphatic carbocycles. The molecule has 3 heteroatoms. The zero-order valence-electron chi connectivity index (χ0n) is 15.8. The van der Waals surface area contributed by atoms with Crippen LogP contribution >= 0.6 is 0 Å². The second-order valence-corrected chi connectivity index (χ2v) is 13.2. The lowest BCUT2D eigenvalue weighted by Gasteiger charge is -2.39. The topological polar surface area (TPSA) is 26.3 Å². The third kappa shape index (κ3) is 5.11. The van der Waals surface area contributed by atoms with E-state index >= 15 is 0 Å². The number of rotatable bonds is 5. The molecule has 0 aliphatic heterocycles. The van der Waals surface area contributed by atoms with Crippen LogP contribution < -0.4 is 0 Å². The van der Waals surface area contributed by atoms with Crippen LogP contribution in [0.25, 0.3) is 0 Å². The molecule has 0 amide bonds. The molecule has 0 saturated heterocycles. The van der Waals surface area contributed by atoms with Gasteiger partial charge in [-0.15, -0.1) is 0 Å². The van der Waals surface area contributed by atoms with E-state index in [0.717, 1.165) is 24.8 Å². The molecule has 0 aromatic carbocycles. The molecule has 1 atom stereocenters. The first kappa shape index (κ1) is 19.2. The lowest BCUT2D eigenvalue weighted by molar-refractivity contribution is -0.115. The average Bonchev–Trinajstić information content (AvgIpc) is 2.31. The molecule has 126 valence electrons. The maximum Gasteiger partial charge on any atom is 0.250 e. The van der Waals surface area contributed by atoms with Crippen molar-refractivity contribution in [2.24, 2.45) is 5.92 Å². The van der Waals surface area contributed by atoms with Gasteiger partial charge >= 0.3 is 0 Å². The molecular formula is C19H34O2Si. The minimum Gasteiger partial charge on any atom is -0.547 e. The molecule has 1 unspecified atom stereocenters. The van der Waals surface area contributed by atoms with Gasteiger partial charge in [0.1, 0.15) is 0 Å². The summed E-state index contributed by atoms with van der Waals surface area (Å²) in [7, 11) is -1.78. The van der Waals surface area contributed by atoms with Crippen LogP contribution in [-0.4, -0.2) is 14.1 Å². The Balaban J connectivity index is 2.89. The number of allylic oxidation sites excluding steroid dienone is 4. The molecule has 0 bridgehead atoms. The van der Waals surface area contributed by atoms with Gasteiger partial charge in [-0.25, -0.2) is 0 Å². The lowest BCUT2D eigenvalue weighted by Crippen LogP contribution is -2.41. The van der Waals surface area contributed by atoms with Crippen molar-refractivity contribution in [1.29, 1.82) is 0 Å². The quantitative estimate of drug-likeness (QED) is 0.458. The molecule has 0 fully saturated rings. The summed E-state index contributed by atoms with van der Waals surface area (Å²) in [6.07, 6.45) is 5.68. The van der Waals surface area contributed by atoms with Crippen LogP contribution in [0.5, 0.6) is 0 Å². The van der Waals surface area contributed by atoms with Crippen LogP contribution in [0.2, 0.25) is 18.1 Å². The van der Waals surface area contributed by atoms with Gasteiger partial charge in [0.2, 0.25) is 8.32 Å². The SMILES string of the molecule is CC(C)=CC(=O)CC1CCCC(O[Si](C)(C)C(C)(C)C)=C1C. The van der Waals surface area contributed by atoms with Crippen molar-refractivity contribution in [3.8, 4) is 0 Å². The lowest BCUT2D eigenvalue weighted by atomic mass is 9.84. The Morgan fingerprint density at radius 2 is 1.91 bits per heavy atom. The summed E-state index contributed by atoms with van der Waals surface area (Å²) in [5, 5.41) is 0.213. The van der Waals surface area contributed by atoms with E-state index in [0.29, 0.717) is 12.3 Å². The molecule has 1 rings (SSSR count). The van der Waals surface area contributed by atoms with Gasteiger partial charge in [0, 0.05) is 12.8 Å². The minimum atomic E-state index is -1.78. The molecule has 2 nitrogen and oxygen atoms in total. The molecule has 0 aromatic rings. The standard InChI is InChI=1S/C19H34O2Si/c1-14(2)12-17(20)13-16-10-9-11-18(15(16)3)21-22(7,8)19(4,5)6/h12,16H,9-11,13H2,1-8H3. The predicted octanol–water partition coefficient (Wildman–Crippen LogP) is 6.01. The number of carbonyl (C=O) groups is 1. The number of carbonyl (C=O) groups excluding carboxylic acids is 1. The maximum atomic E-state index is 12.1. The summed E-state index contributed by atoms with van der Waals surface area (Å²) in [4.78, 5) is 12.1. The van der Waals surface area contributed by atoms with Gasteiger partial charge in [0.15, 0.2) is 5.78 Å². The van der Waals surface area contributed by atoms with Gasteiger partial charge in [0.05, 0.1) is 5.76 Å². The molecule has 1 aliphatic rings. The summed E-state index contributed by atoms with van der Waals surface area (Å²) in [5.74, 6) is 1.78. The molecule has 0 heterocycles. The molecule has 0 aromatic heterocycles. The van der Waals surface area contributed by atoms with Gasteiger partial charge in [-0.2, -0.15) is 0 Å². The van der Waals surface area contributed by atoms with Gasteiger partial charge in [-0.3, -0.25) is 4.79 Å². The molecular weight excluding hydrogens is 288 g/mol. The van der Waals surface area contributed by atoms with Gasteiger partial charge < -0.3 is 4.43 Å². The van der Waals surface area contributed by atoms with E-state index in [1.54, 1.807) is 6.08 Å². The molecule has 0 spiro atoms. The van der Waals surface area contributed by atoms with Crippen molar-refractivity contribution in [3.63, 3.8) is 0 Å². The predicted molar refractivity (Wildman–Crippen MR) is 97.4 cm³/mol. The van der Waals surface area contributed by atoms with Crippen molar-refractivity contribution in [2.45, 2.75) is 85.4 Å². The van der Waals surface area contributed by atoms with Crippen molar-refractivity contribution in [3.05, 3.63) is 23.0 Å². The first-order chi connectivity index (χ1) is 9.94. The fraction of sp³-hybridized carbons (Fsp3) is 0.737. The molecule has 0 radical (unpaired) electrons. The highest BCUT2D eigenvalue weighted by molar-refractivity contribution is 6.74. The highest BCUT2D eigenvalue weighted by Gasteiger charge is 2.40. The van der Waals surface area contributed by atoms with Crippen molar-refractivity contribution in [1.82, 2.24) is 0 Å². The Labute approximate surface area is 138 Å². The zero-order valence-corrected chi connectivity index (χ0v) is 16.8. The summed E-state index contributed by atoms with van der Waals surface area (Å²) >= 11 is 0. The van der Waals surface area contributed by atoms with E-state index in [9.17, 15) is 4.79 Å². The third-order valence-corrected chi connectivity index (χ3v) is 9.46. The summed E-state index contributed by atoms with van der Waals surface area (Å²) in [6, 6.07) is 0. The summed E-state index contributed by atoms with van der Waals surface area (Å²) in [5.41, 5.74) is 2.40. The fourth-order valence-electron chi connectivity index (χ4n) is 2.62. The van der Waals surface area contributed by atoms with E-state index in [1.807, 2.05) is 13.8 Å². The van der Waals surface area contributed by atoms with Crippen LogP contribution in [0.1, 0.15) is 67.2 Å². The van der Waals surface area contributed by atoms with Gasteiger partial charge in [-0.1, -0.05) is 26.3 Å². The van der Waals surface area contributed by atoms with Gasteiger partial charge in [-0.05, 0) is 69.3 Å². The highest BCUT2D eigenvalue weighted by Crippen LogP contribution is 2.41. The number of hydrogen-bond donors (Lipinski definition) is 0. The summed E-state index contributed by atoms with van der Waals surface area (Å²) < 4.78 is 6.54. The van der Waals surface area contributed by atoms with E-state index < -0.39 is 8.32 Å². The highest BCUT2D eigenvalue weighted by atomic mass is 28.4. The Kier molecular flexibility index (Phi) is 6.25. The largest absolute Gasteiger partial charge is 0.547 e. The first-order valence-electron chi connectivity index (χ1n) is 8.50. The van der Waals surface area contributed by atoms with Crippen LogP contribution in [-0.2, 0) is 9.22 Å². The zero-order chi connectivity index (χ0) is 17.1. The van der Waals surface area contributed by atoms with E-state index in [2.05, 4.69) is 40.8 Å². The molecule has 22 heavy (non-hydrogen) atoms. The normalized spacial score (nSPS) is 19.9. The van der Waals surface area contributed by atoms with Crippen LogP contribution in [0.4, 0.5) is 0 Å². The Morgan fingerprint density at radius 1 is 1.32 bits per heavy atom. The fourth-order valence-corrected chi connectivity index (χ4v) is 3.81. The van der Waals surface area contributed by atoms with Gasteiger partial charge in [0.25, 0.3) is 0 Å². The second-order valence-electron chi connectivity index (χ2n) is 8.45. The maximum absolute atomic E-state index is 12.1. The molecule has 0 N–H and O–H groups in total. The Bertz CT molecular complexity index is 474. The van der Waals surface area contributed by atoms with Crippen molar-refractivity contribution >= 4 is 14.1 Å².